The molecular weight excluding hydrogens is 355 g/mol. The maximum absolute atomic E-state index is 13.0. The molecule has 1 aromatic carbocycles. The summed E-state index contributed by atoms with van der Waals surface area (Å²) in [5, 5.41) is -1.49. The fraction of sp³-hybridized carbons (Fsp3) is 0.500. The highest BCUT2D eigenvalue weighted by atomic mass is 35.5. The maximum Gasteiger partial charge on any atom is 0.418 e. The monoisotopic (exact) mass is 369 g/mol. The summed E-state index contributed by atoms with van der Waals surface area (Å²) in [6.45, 7) is 1.62. The zero-order chi connectivity index (χ0) is 17.4. The molecule has 0 aromatic heterocycles. The summed E-state index contributed by atoms with van der Waals surface area (Å²) in [5.41, 5.74) is -1.82. The van der Waals surface area contributed by atoms with E-state index in [2.05, 4.69) is 0 Å². The Labute approximate surface area is 137 Å². The van der Waals surface area contributed by atoms with Crippen molar-refractivity contribution in [3.05, 3.63) is 28.8 Å². The molecule has 0 spiro atoms. The second-order valence-electron chi connectivity index (χ2n) is 5.56. The Morgan fingerprint density at radius 3 is 2.52 bits per heavy atom. The molecule has 0 amide bonds. The number of Topliss-reactive ketones (excluding diaryl/α,β-unsaturated/α-hetero) is 1. The van der Waals surface area contributed by atoms with Crippen molar-refractivity contribution in [1.29, 1.82) is 0 Å². The van der Waals surface area contributed by atoms with Crippen LogP contribution in [0.3, 0.4) is 0 Å². The van der Waals surface area contributed by atoms with Gasteiger partial charge in [-0.25, -0.2) is 8.42 Å². The smallest absolute Gasteiger partial charge is 0.298 e. The van der Waals surface area contributed by atoms with Crippen molar-refractivity contribution < 1.29 is 26.4 Å². The molecule has 1 aliphatic rings. The number of alkyl halides is 3. The van der Waals surface area contributed by atoms with E-state index in [1.807, 2.05) is 4.72 Å². The molecule has 23 heavy (non-hydrogen) atoms. The minimum absolute atomic E-state index is 0.105. The Hall–Kier alpha value is -1.28. The molecule has 0 saturated heterocycles. The lowest BCUT2D eigenvalue weighted by Crippen LogP contribution is -2.40. The highest BCUT2D eigenvalue weighted by Crippen LogP contribution is 2.37. The Balaban J connectivity index is 2.36. The van der Waals surface area contributed by atoms with Gasteiger partial charge in [-0.1, -0.05) is 24.9 Å². The minimum atomic E-state index is -4.77. The molecule has 4 nitrogen and oxygen atoms in total. The quantitative estimate of drug-likeness (QED) is 0.880. The van der Waals surface area contributed by atoms with Gasteiger partial charge in [0, 0.05) is 10.9 Å². The number of benzene rings is 1. The lowest BCUT2D eigenvalue weighted by molar-refractivity contribution is -0.136. The van der Waals surface area contributed by atoms with E-state index in [9.17, 15) is 26.4 Å². The Morgan fingerprint density at radius 1 is 1.26 bits per heavy atom. The van der Waals surface area contributed by atoms with Crippen LogP contribution in [-0.2, 0) is 21.0 Å². The van der Waals surface area contributed by atoms with E-state index in [0.717, 1.165) is 12.1 Å². The zero-order valence-electron chi connectivity index (χ0n) is 12.2. The van der Waals surface area contributed by atoms with Gasteiger partial charge in [-0.05, 0) is 31.0 Å². The first-order valence-electron chi connectivity index (χ1n) is 6.94. The molecule has 1 N–H and O–H groups in total. The van der Waals surface area contributed by atoms with Crippen LogP contribution >= 0.6 is 11.6 Å². The van der Waals surface area contributed by atoms with E-state index in [1.54, 1.807) is 6.92 Å². The molecule has 0 aliphatic heterocycles. The predicted octanol–water partition coefficient (Wildman–Crippen LogP) is 3.86. The molecule has 1 aromatic rings. The summed E-state index contributed by atoms with van der Waals surface area (Å²) in [6, 6.07) is 2.74. The third kappa shape index (κ3) is 3.98. The fourth-order valence-corrected chi connectivity index (χ4v) is 4.40. The minimum Gasteiger partial charge on any atom is -0.298 e. The van der Waals surface area contributed by atoms with Crippen LogP contribution in [0.25, 0.3) is 0 Å². The lowest BCUT2D eigenvalue weighted by atomic mass is 9.89. The number of sulfonamides is 1. The summed E-state index contributed by atoms with van der Waals surface area (Å²) in [6.07, 6.45) is -3.55. The number of carbonyl (C=O) groups is 1. The van der Waals surface area contributed by atoms with Gasteiger partial charge in [-0.3, -0.25) is 9.52 Å². The normalized spacial score (nSPS) is 22.9. The number of nitrogens with one attached hydrogen (secondary N) is 1. The second kappa shape index (κ2) is 6.32. The predicted molar refractivity (Wildman–Crippen MR) is 80.8 cm³/mol. The molecule has 1 saturated carbocycles. The number of carbonyl (C=O) groups excluding carboxylic acids is 1. The summed E-state index contributed by atoms with van der Waals surface area (Å²) in [5.74, 6) is -0.885. The molecular formula is C14H15ClF3NO3S. The molecule has 0 heterocycles. The number of hydrogen-bond donors (Lipinski definition) is 1. The number of rotatable bonds is 3. The molecule has 2 rings (SSSR count). The second-order valence-corrected chi connectivity index (χ2v) is 7.86. The van der Waals surface area contributed by atoms with E-state index in [0.29, 0.717) is 18.9 Å². The van der Waals surface area contributed by atoms with E-state index in [-0.39, 0.29) is 11.4 Å². The van der Waals surface area contributed by atoms with Crippen molar-refractivity contribution in [2.75, 3.05) is 4.72 Å². The molecule has 2 atom stereocenters. The number of ketones is 1. The first-order valence-corrected chi connectivity index (χ1v) is 8.87. The molecule has 2 unspecified atom stereocenters. The van der Waals surface area contributed by atoms with Gasteiger partial charge in [0.25, 0.3) is 0 Å². The van der Waals surface area contributed by atoms with E-state index in [1.165, 1.54) is 0 Å². The molecule has 1 aliphatic carbocycles. The van der Waals surface area contributed by atoms with Gasteiger partial charge in [0.15, 0.2) is 5.78 Å². The fourth-order valence-electron chi connectivity index (χ4n) is 2.58. The third-order valence-corrected chi connectivity index (χ3v) is 5.78. The number of halogens is 4. The van der Waals surface area contributed by atoms with Crippen LogP contribution in [0.4, 0.5) is 18.9 Å². The zero-order valence-corrected chi connectivity index (χ0v) is 13.7. The van der Waals surface area contributed by atoms with Crippen molar-refractivity contribution >= 4 is 33.1 Å². The molecule has 9 heteroatoms. The van der Waals surface area contributed by atoms with Crippen LogP contribution in [0, 0.1) is 5.92 Å². The van der Waals surface area contributed by atoms with Gasteiger partial charge < -0.3 is 0 Å². The largest absolute Gasteiger partial charge is 0.418 e. The summed E-state index contributed by atoms with van der Waals surface area (Å²) in [4.78, 5) is 12.0. The van der Waals surface area contributed by atoms with Crippen molar-refractivity contribution in [2.24, 2.45) is 5.92 Å². The average Bonchev–Trinajstić information content (AvgIpc) is 2.42. The highest BCUT2D eigenvalue weighted by molar-refractivity contribution is 7.94. The van der Waals surface area contributed by atoms with E-state index >= 15 is 0 Å². The standard InChI is InChI=1S/C14H15ClF3NO3S/c1-8-3-2-4-12(13(8)20)23(21,22)19-11-6-5-9(15)7-10(11)14(16,17)18/h5-8,12,19H,2-4H2,1H3. The summed E-state index contributed by atoms with van der Waals surface area (Å²) < 4.78 is 65.7. The molecule has 0 radical (unpaired) electrons. The Kier molecular flexibility index (Phi) is 4.96. The van der Waals surface area contributed by atoms with Crippen molar-refractivity contribution in [2.45, 2.75) is 37.6 Å². The molecule has 1 fully saturated rings. The first kappa shape index (κ1) is 18.1. The van der Waals surface area contributed by atoms with Gasteiger partial charge in [-0.15, -0.1) is 0 Å². The van der Waals surface area contributed by atoms with Gasteiger partial charge >= 0.3 is 6.18 Å². The Morgan fingerprint density at radius 2 is 1.91 bits per heavy atom. The third-order valence-electron chi connectivity index (χ3n) is 3.82. The van der Waals surface area contributed by atoms with Crippen molar-refractivity contribution in [1.82, 2.24) is 0 Å². The van der Waals surface area contributed by atoms with Crippen molar-refractivity contribution in [3.63, 3.8) is 0 Å². The SMILES string of the molecule is CC1CCCC(S(=O)(=O)Nc2ccc(Cl)cc2C(F)(F)F)C1=O. The van der Waals surface area contributed by atoms with Gasteiger partial charge in [-0.2, -0.15) is 13.2 Å². The highest BCUT2D eigenvalue weighted by Gasteiger charge is 2.40. The van der Waals surface area contributed by atoms with E-state index in [4.69, 9.17) is 11.6 Å². The van der Waals surface area contributed by atoms with Crippen LogP contribution in [0.2, 0.25) is 5.02 Å². The van der Waals surface area contributed by atoms with Crippen LogP contribution in [0.15, 0.2) is 18.2 Å². The van der Waals surface area contributed by atoms with Crippen LogP contribution < -0.4 is 4.72 Å². The summed E-state index contributed by atoms with van der Waals surface area (Å²) >= 11 is 5.55. The van der Waals surface area contributed by atoms with Crippen LogP contribution in [0.5, 0.6) is 0 Å². The Bertz CT molecular complexity index is 718. The van der Waals surface area contributed by atoms with Crippen LogP contribution in [-0.4, -0.2) is 19.5 Å². The number of hydrogen-bond acceptors (Lipinski definition) is 3. The van der Waals surface area contributed by atoms with Gasteiger partial charge in [0.2, 0.25) is 10.0 Å². The summed E-state index contributed by atoms with van der Waals surface area (Å²) in [7, 11) is -4.26. The lowest BCUT2D eigenvalue weighted by Gasteiger charge is -2.26. The van der Waals surface area contributed by atoms with Crippen molar-refractivity contribution in [3.8, 4) is 0 Å². The molecule has 128 valence electrons. The van der Waals surface area contributed by atoms with Crippen LogP contribution in [0.1, 0.15) is 31.7 Å². The van der Waals surface area contributed by atoms with Gasteiger partial charge in [0.05, 0.1) is 11.3 Å². The van der Waals surface area contributed by atoms with E-state index < -0.39 is 44.4 Å². The first-order chi connectivity index (χ1) is 10.5. The number of anilines is 1. The molecule has 0 bridgehead atoms. The van der Waals surface area contributed by atoms with Gasteiger partial charge in [0.1, 0.15) is 5.25 Å². The topological polar surface area (TPSA) is 63.2 Å². The average molecular weight is 370 g/mol. The maximum atomic E-state index is 13.0.